The van der Waals surface area contributed by atoms with Crippen LogP contribution in [0.25, 0.3) is 0 Å². The van der Waals surface area contributed by atoms with E-state index in [0.717, 1.165) is 6.07 Å². The predicted octanol–water partition coefficient (Wildman–Crippen LogP) is 3.09. The summed E-state index contributed by atoms with van der Waals surface area (Å²) in [6.45, 7) is 2.53. The summed E-state index contributed by atoms with van der Waals surface area (Å²) in [5.74, 6) is -0.756. The molecule has 0 aliphatic heterocycles. The van der Waals surface area contributed by atoms with E-state index in [9.17, 15) is 18.0 Å². The number of hydrogen-bond donors (Lipinski definition) is 2. The molecular formula is C14H20ClF3N2O. The van der Waals surface area contributed by atoms with Gasteiger partial charge in [0.15, 0.2) is 0 Å². The Bertz CT molecular complexity index is 452. The summed E-state index contributed by atoms with van der Waals surface area (Å²) in [5.41, 5.74) is 4.77. The van der Waals surface area contributed by atoms with Gasteiger partial charge in [0.25, 0.3) is 0 Å². The average molecular weight is 325 g/mol. The number of carbonyl (C=O) groups is 1. The quantitative estimate of drug-likeness (QED) is 0.790. The molecule has 0 saturated carbocycles. The first-order valence-corrected chi connectivity index (χ1v) is 6.49. The molecule has 0 aromatic heterocycles. The predicted molar refractivity (Wildman–Crippen MR) is 78.4 cm³/mol. The van der Waals surface area contributed by atoms with Gasteiger partial charge in [-0.15, -0.1) is 12.4 Å². The Morgan fingerprint density at radius 1 is 1.33 bits per heavy atom. The van der Waals surface area contributed by atoms with Gasteiger partial charge in [0.1, 0.15) is 0 Å². The van der Waals surface area contributed by atoms with Crippen molar-refractivity contribution >= 4 is 18.3 Å². The van der Waals surface area contributed by atoms with Gasteiger partial charge in [0.05, 0.1) is 5.56 Å². The van der Waals surface area contributed by atoms with E-state index in [4.69, 9.17) is 5.73 Å². The number of hydrogen-bond acceptors (Lipinski definition) is 2. The van der Waals surface area contributed by atoms with Crippen LogP contribution in [0.2, 0.25) is 0 Å². The second-order valence-corrected chi connectivity index (χ2v) is 4.68. The summed E-state index contributed by atoms with van der Waals surface area (Å²) >= 11 is 0. The molecule has 0 fully saturated rings. The first kappa shape index (κ1) is 19.7. The van der Waals surface area contributed by atoms with Crippen LogP contribution in [0.5, 0.6) is 0 Å². The van der Waals surface area contributed by atoms with Crippen LogP contribution in [0.3, 0.4) is 0 Å². The number of nitrogens with one attached hydrogen (secondary N) is 1. The van der Waals surface area contributed by atoms with Gasteiger partial charge in [0.2, 0.25) is 5.91 Å². The molecule has 3 nitrogen and oxygen atoms in total. The lowest BCUT2D eigenvalue weighted by Crippen LogP contribution is -2.27. The van der Waals surface area contributed by atoms with Crippen LogP contribution in [0.4, 0.5) is 13.2 Å². The number of rotatable bonds is 6. The zero-order chi connectivity index (χ0) is 15.2. The minimum atomic E-state index is -4.40. The van der Waals surface area contributed by atoms with Gasteiger partial charge in [-0.3, -0.25) is 4.79 Å². The third-order valence-corrected chi connectivity index (χ3v) is 2.99. The molecule has 1 rings (SSSR count). The minimum absolute atomic E-state index is 0. The van der Waals surface area contributed by atoms with Gasteiger partial charge < -0.3 is 11.1 Å². The van der Waals surface area contributed by atoms with Crippen LogP contribution in [0.1, 0.15) is 36.8 Å². The normalized spacial score (nSPS) is 12.4. The third kappa shape index (κ3) is 6.35. The molecule has 1 aromatic carbocycles. The number of nitrogens with two attached hydrogens (primary N) is 1. The molecule has 21 heavy (non-hydrogen) atoms. The zero-order valence-corrected chi connectivity index (χ0v) is 12.6. The van der Waals surface area contributed by atoms with Crippen molar-refractivity contribution in [3.63, 3.8) is 0 Å². The largest absolute Gasteiger partial charge is 0.416 e. The van der Waals surface area contributed by atoms with Gasteiger partial charge in [0, 0.05) is 13.0 Å². The molecule has 0 bridgehead atoms. The summed E-state index contributed by atoms with van der Waals surface area (Å²) in [5, 5.41) is 2.64. The first-order chi connectivity index (χ1) is 9.36. The summed E-state index contributed by atoms with van der Waals surface area (Å²) < 4.78 is 38.6. The van der Waals surface area contributed by atoms with Gasteiger partial charge in [-0.1, -0.05) is 25.1 Å². The van der Waals surface area contributed by atoms with Crippen LogP contribution in [-0.2, 0) is 11.0 Å². The lowest BCUT2D eigenvalue weighted by molar-refractivity contribution is -0.138. The van der Waals surface area contributed by atoms with Crippen LogP contribution < -0.4 is 11.1 Å². The van der Waals surface area contributed by atoms with Crippen molar-refractivity contribution < 1.29 is 18.0 Å². The van der Waals surface area contributed by atoms with Crippen molar-refractivity contribution in [3.8, 4) is 0 Å². The fraction of sp³-hybridized carbons (Fsp3) is 0.500. The van der Waals surface area contributed by atoms with Crippen molar-refractivity contribution in [1.82, 2.24) is 5.32 Å². The molecule has 120 valence electrons. The van der Waals surface area contributed by atoms with E-state index in [2.05, 4.69) is 5.32 Å². The molecule has 7 heteroatoms. The van der Waals surface area contributed by atoms with Crippen molar-refractivity contribution in [2.24, 2.45) is 5.73 Å². The van der Waals surface area contributed by atoms with Crippen molar-refractivity contribution in [1.29, 1.82) is 0 Å². The van der Waals surface area contributed by atoms with Crippen LogP contribution in [-0.4, -0.2) is 19.0 Å². The Kier molecular flexibility index (Phi) is 8.36. The number of carbonyl (C=O) groups excluding carboxylic acids is 1. The minimum Gasteiger partial charge on any atom is -0.356 e. The van der Waals surface area contributed by atoms with Crippen molar-refractivity contribution in [2.75, 3.05) is 13.1 Å². The van der Waals surface area contributed by atoms with E-state index in [1.54, 1.807) is 13.0 Å². The number of amides is 1. The fourth-order valence-electron chi connectivity index (χ4n) is 1.97. The van der Waals surface area contributed by atoms with Gasteiger partial charge in [-0.2, -0.15) is 13.2 Å². The maximum Gasteiger partial charge on any atom is 0.416 e. The lowest BCUT2D eigenvalue weighted by atomic mass is 9.92. The standard InChI is InChI=1S/C14H19F3N2O.ClH/c1-10(9-13(20)19-8-4-7-18)11-5-2-3-6-12(11)14(15,16)17;/h2-3,5-6,10H,4,7-9,18H2,1H3,(H,19,20);1H. The van der Waals surface area contributed by atoms with Gasteiger partial charge >= 0.3 is 6.18 Å². The topological polar surface area (TPSA) is 55.1 Å². The first-order valence-electron chi connectivity index (χ1n) is 6.49. The maximum atomic E-state index is 12.9. The number of alkyl halides is 3. The van der Waals surface area contributed by atoms with Gasteiger partial charge in [-0.05, 0) is 30.5 Å². The second kappa shape index (κ2) is 8.89. The van der Waals surface area contributed by atoms with E-state index >= 15 is 0 Å². The van der Waals surface area contributed by atoms with E-state index in [1.807, 2.05) is 0 Å². The van der Waals surface area contributed by atoms with Crippen LogP contribution >= 0.6 is 12.4 Å². The molecule has 0 aliphatic carbocycles. The molecule has 1 amide bonds. The summed E-state index contributed by atoms with van der Waals surface area (Å²) in [7, 11) is 0. The zero-order valence-electron chi connectivity index (χ0n) is 11.7. The highest BCUT2D eigenvalue weighted by Crippen LogP contribution is 2.35. The summed E-state index contributed by atoms with van der Waals surface area (Å²) in [6.07, 6.45) is -3.72. The smallest absolute Gasteiger partial charge is 0.356 e. The van der Waals surface area contributed by atoms with Crippen LogP contribution in [0.15, 0.2) is 24.3 Å². The van der Waals surface area contributed by atoms with E-state index in [0.29, 0.717) is 19.5 Å². The maximum absolute atomic E-state index is 12.9. The van der Waals surface area contributed by atoms with Crippen molar-refractivity contribution in [3.05, 3.63) is 35.4 Å². The molecule has 1 unspecified atom stereocenters. The average Bonchev–Trinajstić information content (AvgIpc) is 2.38. The van der Waals surface area contributed by atoms with Crippen LogP contribution in [0, 0.1) is 0 Å². The Hall–Kier alpha value is -1.27. The van der Waals surface area contributed by atoms with Gasteiger partial charge in [-0.25, -0.2) is 0 Å². The molecule has 1 aromatic rings. The Balaban J connectivity index is 0.00000400. The van der Waals surface area contributed by atoms with E-state index < -0.39 is 17.7 Å². The van der Waals surface area contributed by atoms with E-state index in [1.165, 1.54) is 12.1 Å². The molecular weight excluding hydrogens is 305 g/mol. The molecule has 0 radical (unpaired) electrons. The SMILES string of the molecule is CC(CC(=O)NCCCN)c1ccccc1C(F)(F)F.Cl. The van der Waals surface area contributed by atoms with E-state index in [-0.39, 0.29) is 30.3 Å². The fourth-order valence-corrected chi connectivity index (χ4v) is 1.97. The molecule has 0 aliphatic rings. The highest BCUT2D eigenvalue weighted by Gasteiger charge is 2.34. The summed E-state index contributed by atoms with van der Waals surface area (Å²) in [4.78, 5) is 11.6. The molecule has 0 saturated heterocycles. The Morgan fingerprint density at radius 2 is 1.95 bits per heavy atom. The molecule has 1 atom stereocenters. The summed E-state index contributed by atoms with van der Waals surface area (Å²) in [6, 6.07) is 5.35. The second-order valence-electron chi connectivity index (χ2n) is 4.68. The number of halogens is 4. The Labute approximate surface area is 128 Å². The van der Waals surface area contributed by atoms with Crippen molar-refractivity contribution in [2.45, 2.75) is 31.9 Å². The Morgan fingerprint density at radius 3 is 2.52 bits per heavy atom. The highest BCUT2D eigenvalue weighted by atomic mass is 35.5. The third-order valence-electron chi connectivity index (χ3n) is 2.99. The molecule has 3 N–H and O–H groups in total. The molecule has 0 heterocycles. The lowest BCUT2D eigenvalue weighted by Gasteiger charge is -2.18. The monoisotopic (exact) mass is 324 g/mol. The molecule has 0 spiro atoms. The highest BCUT2D eigenvalue weighted by molar-refractivity contribution is 5.85. The number of benzene rings is 1.